The molecule has 0 saturated heterocycles. The fourth-order valence-corrected chi connectivity index (χ4v) is 2.62. The Hall–Kier alpha value is -3.68. The highest BCUT2D eigenvalue weighted by molar-refractivity contribution is 5.96. The number of Topliss-reactive ketones (excluding diaryl/α,β-unsaturated/α-hetero) is 1. The van der Waals surface area contributed by atoms with E-state index in [-0.39, 0.29) is 6.61 Å². The molecule has 0 radical (unpaired) electrons. The molecule has 8 heteroatoms. The number of ketones is 1. The molecular weight excluding hydrogens is 388 g/mol. The van der Waals surface area contributed by atoms with Gasteiger partial charge in [0.25, 0.3) is 0 Å². The normalized spacial score (nSPS) is 11.3. The molecular formula is C22H24N2O6. The average Bonchev–Trinajstić information content (AvgIpc) is 2.72. The number of nitrogens with one attached hydrogen (secondary N) is 1. The molecule has 1 atom stereocenters. The second kappa shape index (κ2) is 10.8. The van der Waals surface area contributed by atoms with Crippen molar-refractivity contribution in [1.29, 1.82) is 0 Å². The van der Waals surface area contributed by atoms with Gasteiger partial charge in [-0.1, -0.05) is 48.0 Å². The lowest BCUT2D eigenvalue weighted by Crippen LogP contribution is -2.45. The fourth-order valence-electron chi connectivity index (χ4n) is 2.62. The second-order valence-electron chi connectivity index (χ2n) is 6.79. The molecule has 2 rings (SSSR count). The lowest BCUT2D eigenvalue weighted by molar-refractivity contribution is -0.127. The summed E-state index contributed by atoms with van der Waals surface area (Å²) in [5.41, 5.74) is 7.83. The molecule has 30 heavy (non-hydrogen) atoms. The lowest BCUT2D eigenvalue weighted by Gasteiger charge is -2.16. The molecule has 0 unspecified atom stereocenters. The molecule has 0 heterocycles. The number of hydrogen-bond acceptors (Lipinski definition) is 6. The van der Waals surface area contributed by atoms with Crippen LogP contribution in [-0.2, 0) is 25.7 Å². The van der Waals surface area contributed by atoms with Gasteiger partial charge >= 0.3 is 12.1 Å². The number of alkyl carbamates (subject to hydrolysis) is 1. The predicted molar refractivity (Wildman–Crippen MR) is 109 cm³/mol. The Morgan fingerprint density at radius 2 is 1.70 bits per heavy atom. The third-order valence-electron chi connectivity index (χ3n) is 4.26. The van der Waals surface area contributed by atoms with Gasteiger partial charge in [-0.25, -0.2) is 9.59 Å². The van der Waals surface area contributed by atoms with E-state index in [0.717, 1.165) is 11.1 Å². The molecule has 2 aromatic carbocycles. The molecule has 2 aromatic rings. The highest BCUT2D eigenvalue weighted by atomic mass is 16.5. The van der Waals surface area contributed by atoms with Crippen LogP contribution in [0.1, 0.15) is 33.5 Å². The zero-order valence-electron chi connectivity index (χ0n) is 16.8. The molecule has 8 nitrogen and oxygen atoms in total. The van der Waals surface area contributed by atoms with Gasteiger partial charge in [0.15, 0.2) is 12.4 Å². The number of carbonyl (C=O) groups excluding carboxylic acids is 4. The minimum Gasteiger partial charge on any atom is -0.454 e. The van der Waals surface area contributed by atoms with Crippen LogP contribution in [0.4, 0.5) is 4.79 Å². The largest absolute Gasteiger partial charge is 0.454 e. The van der Waals surface area contributed by atoms with Crippen molar-refractivity contribution in [3.05, 3.63) is 70.8 Å². The first kappa shape index (κ1) is 22.6. The van der Waals surface area contributed by atoms with E-state index in [1.807, 2.05) is 19.1 Å². The summed E-state index contributed by atoms with van der Waals surface area (Å²) in [5, 5.41) is 2.30. The van der Waals surface area contributed by atoms with Gasteiger partial charge in [-0.15, -0.1) is 0 Å². The van der Waals surface area contributed by atoms with Gasteiger partial charge < -0.3 is 20.5 Å². The van der Waals surface area contributed by atoms with Crippen LogP contribution in [0.2, 0.25) is 0 Å². The van der Waals surface area contributed by atoms with E-state index in [2.05, 4.69) is 5.32 Å². The first-order chi connectivity index (χ1) is 14.3. The predicted octanol–water partition coefficient (Wildman–Crippen LogP) is 2.20. The summed E-state index contributed by atoms with van der Waals surface area (Å²) in [6, 6.07) is 13.0. The van der Waals surface area contributed by atoms with E-state index in [1.54, 1.807) is 43.3 Å². The van der Waals surface area contributed by atoms with E-state index in [4.69, 9.17) is 15.2 Å². The number of aryl methyl sites for hydroxylation is 2. The summed E-state index contributed by atoms with van der Waals surface area (Å²) in [6.07, 6.45) is -1.33. The standard InChI is InChI=1S/C22H24N2O6/c1-14-8-9-15(2)17(10-14)21(27)29-13-19(25)18(11-20(23)26)24-22(28)30-12-16-6-4-3-5-7-16/h3-10,18H,11-13H2,1-2H3,(H2,23,26)(H,24,28)/t18-/m0/s1. The van der Waals surface area contributed by atoms with Crippen LogP contribution < -0.4 is 11.1 Å². The van der Waals surface area contributed by atoms with Crippen molar-refractivity contribution in [3.8, 4) is 0 Å². The third-order valence-corrected chi connectivity index (χ3v) is 4.26. The number of rotatable bonds is 9. The van der Waals surface area contributed by atoms with Crippen molar-refractivity contribution in [1.82, 2.24) is 5.32 Å². The Labute approximate surface area is 174 Å². The minimum atomic E-state index is -1.27. The summed E-state index contributed by atoms with van der Waals surface area (Å²) < 4.78 is 10.1. The number of benzene rings is 2. The summed E-state index contributed by atoms with van der Waals surface area (Å²) in [7, 11) is 0. The van der Waals surface area contributed by atoms with E-state index >= 15 is 0 Å². The smallest absolute Gasteiger partial charge is 0.408 e. The van der Waals surface area contributed by atoms with Crippen LogP contribution in [-0.4, -0.2) is 36.4 Å². The minimum absolute atomic E-state index is 0.00816. The third kappa shape index (κ3) is 7.05. The monoisotopic (exact) mass is 412 g/mol. The van der Waals surface area contributed by atoms with Crippen LogP contribution in [0.25, 0.3) is 0 Å². The Balaban J connectivity index is 1.93. The molecule has 2 amide bonds. The molecule has 0 aliphatic heterocycles. The first-order valence-electron chi connectivity index (χ1n) is 9.29. The van der Waals surface area contributed by atoms with E-state index < -0.39 is 42.8 Å². The van der Waals surface area contributed by atoms with Gasteiger partial charge in [-0.05, 0) is 31.0 Å². The zero-order chi connectivity index (χ0) is 22.1. The SMILES string of the molecule is Cc1ccc(C)c(C(=O)OCC(=O)[C@H](CC(N)=O)NC(=O)OCc2ccccc2)c1. The first-order valence-corrected chi connectivity index (χ1v) is 9.29. The molecule has 0 aliphatic rings. The summed E-state index contributed by atoms with van der Waals surface area (Å²) >= 11 is 0. The van der Waals surface area contributed by atoms with Crippen molar-refractivity contribution in [3.63, 3.8) is 0 Å². The Morgan fingerprint density at radius 3 is 2.37 bits per heavy atom. The van der Waals surface area contributed by atoms with Crippen molar-refractivity contribution < 1.29 is 28.7 Å². The van der Waals surface area contributed by atoms with Crippen molar-refractivity contribution >= 4 is 23.8 Å². The molecule has 158 valence electrons. The number of carbonyl (C=O) groups is 4. The van der Waals surface area contributed by atoms with E-state index in [1.165, 1.54) is 0 Å². The summed E-state index contributed by atoms with van der Waals surface area (Å²) in [6.45, 7) is 2.95. The van der Waals surface area contributed by atoms with Crippen molar-refractivity contribution in [2.75, 3.05) is 6.61 Å². The quantitative estimate of drug-likeness (QED) is 0.608. The van der Waals surface area contributed by atoms with Crippen molar-refractivity contribution in [2.24, 2.45) is 5.73 Å². The van der Waals surface area contributed by atoms with Crippen LogP contribution in [0.5, 0.6) is 0 Å². The van der Waals surface area contributed by atoms with Crippen LogP contribution >= 0.6 is 0 Å². The number of primary amides is 1. The number of nitrogens with two attached hydrogens (primary N) is 1. The van der Waals surface area contributed by atoms with E-state index in [0.29, 0.717) is 11.1 Å². The number of amides is 2. The highest BCUT2D eigenvalue weighted by Crippen LogP contribution is 2.12. The molecule has 0 fully saturated rings. The van der Waals surface area contributed by atoms with Gasteiger partial charge in [0, 0.05) is 0 Å². The molecule has 0 spiro atoms. The summed E-state index contributed by atoms with van der Waals surface area (Å²) in [5.74, 6) is -2.14. The lowest BCUT2D eigenvalue weighted by atomic mass is 10.1. The highest BCUT2D eigenvalue weighted by Gasteiger charge is 2.25. The zero-order valence-corrected chi connectivity index (χ0v) is 16.8. The average molecular weight is 412 g/mol. The summed E-state index contributed by atoms with van der Waals surface area (Å²) in [4.78, 5) is 48.0. The Bertz CT molecular complexity index is 926. The molecule has 3 N–H and O–H groups in total. The maximum absolute atomic E-state index is 12.4. The molecule has 0 saturated carbocycles. The molecule has 0 aromatic heterocycles. The number of esters is 1. The van der Waals surface area contributed by atoms with Crippen LogP contribution in [0.15, 0.2) is 48.5 Å². The maximum Gasteiger partial charge on any atom is 0.408 e. The second-order valence-corrected chi connectivity index (χ2v) is 6.79. The van der Waals surface area contributed by atoms with Crippen LogP contribution in [0.3, 0.4) is 0 Å². The Kier molecular flexibility index (Phi) is 8.10. The number of ether oxygens (including phenoxy) is 2. The number of hydrogen-bond donors (Lipinski definition) is 2. The Morgan fingerprint density at radius 1 is 1.00 bits per heavy atom. The van der Waals surface area contributed by atoms with Gasteiger partial charge in [0.2, 0.25) is 5.91 Å². The maximum atomic E-state index is 12.4. The molecule has 0 aliphatic carbocycles. The van der Waals surface area contributed by atoms with Gasteiger partial charge in [0.1, 0.15) is 12.6 Å². The molecule has 0 bridgehead atoms. The van der Waals surface area contributed by atoms with Gasteiger partial charge in [-0.2, -0.15) is 0 Å². The topological polar surface area (TPSA) is 125 Å². The van der Waals surface area contributed by atoms with Crippen molar-refractivity contribution in [2.45, 2.75) is 32.9 Å². The fraction of sp³-hybridized carbons (Fsp3) is 0.273. The van der Waals surface area contributed by atoms with E-state index in [9.17, 15) is 19.2 Å². The van der Waals surface area contributed by atoms with Gasteiger partial charge in [-0.3, -0.25) is 9.59 Å². The van der Waals surface area contributed by atoms with Crippen LogP contribution in [0, 0.1) is 13.8 Å². The van der Waals surface area contributed by atoms with Gasteiger partial charge in [0.05, 0.1) is 12.0 Å².